The smallest absolute Gasteiger partial charge is 0.347 e. The van der Waals surface area contributed by atoms with Gasteiger partial charge < -0.3 is 19.3 Å². The van der Waals surface area contributed by atoms with Crippen LogP contribution in [0.15, 0.2) is 42.5 Å². The summed E-state index contributed by atoms with van der Waals surface area (Å²) in [7, 11) is 1.52. The van der Waals surface area contributed by atoms with Gasteiger partial charge in [0.25, 0.3) is 5.91 Å². The fourth-order valence-electron chi connectivity index (χ4n) is 4.25. The zero-order valence-electron chi connectivity index (χ0n) is 18.7. The number of halogens is 1. The summed E-state index contributed by atoms with van der Waals surface area (Å²) in [5, 5.41) is 10.7. The van der Waals surface area contributed by atoms with Crippen LogP contribution in [0, 0.1) is 6.92 Å². The molecule has 1 aliphatic heterocycles. The largest absolute Gasteiger partial charge is 0.497 e. The molecule has 2 heterocycles. The Kier molecular flexibility index (Phi) is 6.90. The van der Waals surface area contributed by atoms with Crippen molar-refractivity contribution in [2.75, 3.05) is 13.7 Å². The average Bonchev–Trinajstić information content (AvgIpc) is 3.44. The highest BCUT2D eigenvalue weighted by Crippen LogP contribution is 2.31. The van der Waals surface area contributed by atoms with Crippen molar-refractivity contribution >= 4 is 40.3 Å². The summed E-state index contributed by atoms with van der Waals surface area (Å²) >= 11 is 5.96. The second kappa shape index (κ2) is 9.87. The molecule has 1 aliphatic rings. The van der Waals surface area contributed by atoms with Crippen molar-refractivity contribution in [1.82, 2.24) is 4.57 Å². The lowest BCUT2D eigenvalue weighted by Gasteiger charge is -2.19. The highest BCUT2D eigenvalue weighted by atomic mass is 35.5. The summed E-state index contributed by atoms with van der Waals surface area (Å²) < 4.78 is 17.6. The Balaban J connectivity index is 1.71. The number of benzene rings is 2. The Morgan fingerprint density at radius 1 is 1.21 bits per heavy atom. The van der Waals surface area contributed by atoms with Gasteiger partial charge in [-0.3, -0.25) is 14.2 Å². The minimum Gasteiger partial charge on any atom is -0.497 e. The number of nitrogens with zero attached hydrogens (tertiary/aromatic N) is 1. The van der Waals surface area contributed by atoms with Gasteiger partial charge in [0.05, 0.1) is 19.0 Å². The molecule has 1 fully saturated rings. The molecule has 0 spiro atoms. The summed E-state index contributed by atoms with van der Waals surface area (Å²) in [5.74, 6) is -1.70. The summed E-state index contributed by atoms with van der Waals surface area (Å²) in [6.07, 6.45) is -1.04. The molecule has 0 saturated carbocycles. The van der Waals surface area contributed by atoms with Crippen molar-refractivity contribution in [2.24, 2.45) is 0 Å². The number of aromatic nitrogens is 1. The molecule has 0 bridgehead atoms. The van der Waals surface area contributed by atoms with Gasteiger partial charge in [-0.2, -0.15) is 0 Å². The maximum Gasteiger partial charge on any atom is 0.347 e. The van der Waals surface area contributed by atoms with Crippen LogP contribution in [-0.2, 0) is 25.5 Å². The van der Waals surface area contributed by atoms with Crippen molar-refractivity contribution in [3.63, 3.8) is 0 Å². The summed E-state index contributed by atoms with van der Waals surface area (Å²) in [6, 6.07) is 11.7. The fraction of sp³-hybridized carbons (Fsp3) is 0.320. The Morgan fingerprint density at radius 2 is 1.94 bits per heavy atom. The van der Waals surface area contributed by atoms with E-state index in [0.717, 1.165) is 0 Å². The molecule has 178 valence electrons. The zero-order valence-corrected chi connectivity index (χ0v) is 19.5. The van der Waals surface area contributed by atoms with Gasteiger partial charge in [-0.05, 0) is 67.8 Å². The van der Waals surface area contributed by atoms with Crippen LogP contribution >= 0.6 is 11.6 Å². The van der Waals surface area contributed by atoms with E-state index in [2.05, 4.69) is 0 Å². The second-order valence-electron chi connectivity index (χ2n) is 8.07. The molecule has 2 aromatic carbocycles. The third kappa shape index (κ3) is 4.64. The molecule has 1 aromatic heterocycles. The van der Waals surface area contributed by atoms with Crippen molar-refractivity contribution in [2.45, 2.75) is 38.4 Å². The van der Waals surface area contributed by atoms with E-state index in [4.69, 9.17) is 25.8 Å². The number of aliphatic carboxylic acids is 1. The number of rotatable bonds is 7. The van der Waals surface area contributed by atoms with E-state index in [0.29, 0.717) is 57.9 Å². The van der Waals surface area contributed by atoms with Gasteiger partial charge in [-0.15, -0.1) is 0 Å². The third-order valence-electron chi connectivity index (χ3n) is 5.96. The summed E-state index contributed by atoms with van der Waals surface area (Å²) in [4.78, 5) is 37.9. The monoisotopic (exact) mass is 485 g/mol. The van der Waals surface area contributed by atoms with Gasteiger partial charge in [-0.25, -0.2) is 4.79 Å². The standard InChI is InChI=1S/C25H24ClNO7/c1-14-18(13-22(28)34-23(25(30)31)21-4-3-11-33-21)19-12-17(32-2)9-10-20(19)27(14)24(29)15-5-7-16(26)8-6-15/h5-10,12,21,23H,3-4,11,13H2,1-2H3,(H,30,31). The molecule has 0 aliphatic carbocycles. The van der Waals surface area contributed by atoms with E-state index in [-0.39, 0.29) is 12.3 Å². The maximum atomic E-state index is 13.4. The molecule has 3 aromatic rings. The number of carboxylic acid groups (broad SMARTS) is 1. The molecule has 4 rings (SSSR count). The summed E-state index contributed by atoms with van der Waals surface area (Å²) in [6.45, 7) is 2.17. The first-order valence-electron chi connectivity index (χ1n) is 10.8. The lowest BCUT2D eigenvalue weighted by atomic mass is 10.1. The Labute approximate surface area is 201 Å². The van der Waals surface area contributed by atoms with Gasteiger partial charge in [0.15, 0.2) is 0 Å². The van der Waals surface area contributed by atoms with Gasteiger partial charge in [0, 0.05) is 28.3 Å². The van der Waals surface area contributed by atoms with E-state index < -0.39 is 24.1 Å². The first-order chi connectivity index (χ1) is 16.3. The van der Waals surface area contributed by atoms with Gasteiger partial charge in [0.2, 0.25) is 6.10 Å². The number of hydrogen-bond acceptors (Lipinski definition) is 6. The molecular formula is C25H24ClNO7. The fourth-order valence-corrected chi connectivity index (χ4v) is 4.38. The molecule has 1 N–H and O–H groups in total. The molecular weight excluding hydrogens is 462 g/mol. The quantitative estimate of drug-likeness (QED) is 0.504. The van der Waals surface area contributed by atoms with Crippen molar-refractivity contribution in [3.8, 4) is 5.75 Å². The number of carboxylic acids is 1. The average molecular weight is 486 g/mol. The minimum absolute atomic E-state index is 0.215. The Bertz CT molecular complexity index is 1240. The van der Waals surface area contributed by atoms with Crippen LogP contribution in [-0.4, -0.2) is 53.4 Å². The predicted octanol–water partition coefficient (Wildman–Crippen LogP) is 4.02. The van der Waals surface area contributed by atoms with E-state index in [1.165, 1.54) is 11.7 Å². The first kappa shape index (κ1) is 23.8. The Hall–Kier alpha value is -3.36. The number of ether oxygens (including phenoxy) is 3. The Morgan fingerprint density at radius 3 is 2.56 bits per heavy atom. The molecule has 2 unspecified atom stereocenters. The third-order valence-corrected chi connectivity index (χ3v) is 6.21. The molecule has 1 saturated heterocycles. The van der Waals surface area contributed by atoms with Crippen LogP contribution in [0.1, 0.15) is 34.5 Å². The van der Waals surface area contributed by atoms with Crippen LogP contribution in [0.2, 0.25) is 5.02 Å². The second-order valence-corrected chi connectivity index (χ2v) is 8.51. The molecule has 2 atom stereocenters. The molecule has 9 heteroatoms. The zero-order chi connectivity index (χ0) is 24.4. The minimum atomic E-state index is -1.38. The van der Waals surface area contributed by atoms with Gasteiger partial charge in [0.1, 0.15) is 11.9 Å². The number of carbonyl (C=O) groups is 3. The molecule has 8 nitrogen and oxygen atoms in total. The van der Waals surface area contributed by atoms with Crippen LogP contribution < -0.4 is 4.74 Å². The molecule has 0 amide bonds. The normalized spacial score (nSPS) is 16.4. The van der Waals surface area contributed by atoms with E-state index in [1.807, 2.05) is 0 Å². The highest BCUT2D eigenvalue weighted by Gasteiger charge is 2.35. The summed E-state index contributed by atoms with van der Waals surface area (Å²) in [5.41, 5.74) is 2.12. The van der Waals surface area contributed by atoms with Gasteiger partial charge >= 0.3 is 11.9 Å². The number of fused-ring (bicyclic) bond motifs is 1. The van der Waals surface area contributed by atoms with Crippen LogP contribution in [0.5, 0.6) is 5.75 Å². The number of hydrogen-bond donors (Lipinski definition) is 1. The molecule has 0 radical (unpaired) electrons. The molecule has 34 heavy (non-hydrogen) atoms. The van der Waals surface area contributed by atoms with Crippen LogP contribution in [0.3, 0.4) is 0 Å². The first-order valence-corrected chi connectivity index (χ1v) is 11.2. The van der Waals surface area contributed by atoms with Crippen molar-refractivity contribution < 1.29 is 33.7 Å². The van der Waals surface area contributed by atoms with Crippen molar-refractivity contribution in [1.29, 1.82) is 0 Å². The lowest BCUT2D eigenvalue weighted by Crippen LogP contribution is -2.38. The number of esters is 1. The topological polar surface area (TPSA) is 104 Å². The SMILES string of the molecule is COc1ccc2c(c1)c(CC(=O)OC(C(=O)O)C1CCCO1)c(C)n2C(=O)c1ccc(Cl)cc1. The predicted molar refractivity (Wildman–Crippen MR) is 125 cm³/mol. The number of carbonyl (C=O) groups excluding carboxylic acids is 2. The van der Waals surface area contributed by atoms with Crippen LogP contribution in [0.4, 0.5) is 0 Å². The van der Waals surface area contributed by atoms with E-state index >= 15 is 0 Å². The number of methoxy groups -OCH3 is 1. The lowest BCUT2D eigenvalue weighted by molar-refractivity contribution is -0.171. The van der Waals surface area contributed by atoms with Crippen molar-refractivity contribution in [3.05, 3.63) is 64.3 Å². The van der Waals surface area contributed by atoms with E-state index in [1.54, 1.807) is 49.4 Å². The highest BCUT2D eigenvalue weighted by molar-refractivity contribution is 6.30. The van der Waals surface area contributed by atoms with E-state index in [9.17, 15) is 19.5 Å². The van der Waals surface area contributed by atoms with Gasteiger partial charge in [-0.1, -0.05) is 11.6 Å². The maximum absolute atomic E-state index is 13.4. The van der Waals surface area contributed by atoms with Crippen LogP contribution in [0.25, 0.3) is 10.9 Å².